The molecule has 0 unspecified atom stereocenters. The summed E-state index contributed by atoms with van der Waals surface area (Å²) in [6.07, 6.45) is 1.33. The molecule has 2 amide bonds. The van der Waals surface area contributed by atoms with Gasteiger partial charge in [-0.05, 0) is 18.6 Å². The van der Waals surface area contributed by atoms with E-state index >= 15 is 0 Å². The summed E-state index contributed by atoms with van der Waals surface area (Å²) in [6, 6.07) is 19.8. The number of hydrogen-bond acceptors (Lipinski definition) is 3. The summed E-state index contributed by atoms with van der Waals surface area (Å²) in [5.74, 6) is 0.338. The normalized spacial score (nSPS) is 21.4. The number of benzene rings is 2. The van der Waals surface area contributed by atoms with Crippen molar-refractivity contribution >= 4 is 22.7 Å². The third-order valence-electron chi connectivity index (χ3n) is 5.83. The molecule has 1 N–H and O–H groups in total. The van der Waals surface area contributed by atoms with Crippen LogP contribution in [0.25, 0.3) is 22.2 Å². The van der Waals surface area contributed by atoms with E-state index in [9.17, 15) is 9.59 Å². The summed E-state index contributed by atoms with van der Waals surface area (Å²) in [5, 5.41) is 3.90. The van der Waals surface area contributed by atoms with Crippen molar-refractivity contribution < 1.29 is 9.59 Å². The first-order valence-corrected chi connectivity index (χ1v) is 9.73. The Bertz CT molecular complexity index is 1060. The smallest absolute Gasteiger partial charge is 0.254 e. The largest absolute Gasteiger partial charge is 0.353 e. The molecule has 2 fully saturated rings. The molecule has 140 valence electrons. The quantitative estimate of drug-likeness (QED) is 0.752. The van der Waals surface area contributed by atoms with Crippen LogP contribution in [0.15, 0.2) is 60.7 Å². The predicted molar refractivity (Wildman–Crippen MR) is 108 cm³/mol. The number of nitrogens with one attached hydrogen (secondary N) is 1. The van der Waals surface area contributed by atoms with Gasteiger partial charge in [-0.25, -0.2) is 4.98 Å². The van der Waals surface area contributed by atoms with Gasteiger partial charge in [0.15, 0.2) is 0 Å². The van der Waals surface area contributed by atoms with Crippen molar-refractivity contribution in [2.24, 2.45) is 5.92 Å². The second-order valence-electron chi connectivity index (χ2n) is 7.62. The Morgan fingerprint density at radius 3 is 2.71 bits per heavy atom. The lowest BCUT2D eigenvalue weighted by molar-refractivity contribution is -0.119. The molecule has 5 rings (SSSR count). The van der Waals surface area contributed by atoms with Crippen molar-refractivity contribution in [1.29, 1.82) is 0 Å². The van der Waals surface area contributed by atoms with Crippen LogP contribution in [-0.2, 0) is 4.79 Å². The summed E-state index contributed by atoms with van der Waals surface area (Å²) >= 11 is 0. The fourth-order valence-electron chi connectivity index (χ4n) is 4.40. The fourth-order valence-corrected chi connectivity index (χ4v) is 4.40. The van der Waals surface area contributed by atoms with E-state index in [1.165, 1.54) is 0 Å². The van der Waals surface area contributed by atoms with Crippen molar-refractivity contribution in [2.45, 2.75) is 18.9 Å². The van der Waals surface area contributed by atoms with Crippen molar-refractivity contribution in [2.75, 3.05) is 13.1 Å². The van der Waals surface area contributed by atoms with Gasteiger partial charge < -0.3 is 10.2 Å². The van der Waals surface area contributed by atoms with Gasteiger partial charge in [-0.15, -0.1) is 0 Å². The molecular weight excluding hydrogens is 350 g/mol. The minimum Gasteiger partial charge on any atom is -0.353 e. The van der Waals surface area contributed by atoms with Gasteiger partial charge in [0.05, 0.1) is 16.8 Å². The SMILES string of the molecule is O=C1C[C@@H]2CN(C(=O)c3cc(-c4ccccc4)nc4ccccc34)CC[C@@H]2N1. The third-order valence-corrected chi connectivity index (χ3v) is 5.83. The highest BCUT2D eigenvalue weighted by molar-refractivity contribution is 6.07. The number of fused-ring (bicyclic) bond motifs is 2. The number of nitrogens with zero attached hydrogens (tertiary/aromatic N) is 2. The number of carbonyl (C=O) groups excluding carboxylic acids is 2. The number of amides is 2. The number of piperidine rings is 1. The maximum absolute atomic E-state index is 13.5. The minimum atomic E-state index is 0.0218. The first kappa shape index (κ1) is 16.9. The molecule has 0 bridgehead atoms. The van der Waals surface area contributed by atoms with Crippen LogP contribution in [-0.4, -0.2) is 40.8 Å². The van der Waals surface area contributed by atoms with Gasteiger partial charge in [-0.2, -0.15) is 0 Å². The predicted octanol–water partition coefficient (Wildman–Crippen LogP) is 3.25. The van der Waals surface area contributed by atoms with E-state index in [1.54, 1.807) is 0 Å². The Balaban J connectivity index is 1.54. The lowest BCUT2D eigenvalue weighted by atomic mass is 9.92. The van der Waals surface area contributed by atoms with E-state index in [0.29, 0.717) is 25.1 Å². The zero-order valence-corrected chi connectivity index (χ0v) is 15.5. The molecule has 28 heavy (non-hydrogen) atoms. The third kappa shape index (κ3) is 2.93. The summed E-state index contributed by atoms with van der Waals surface area (Å²) in [6.45, 7) is 1.29. The average molecular weight is 371 g/mol. The Morgan fingerprint density at radius 1 is 1.07 bits per heavy atom. The molecule has 0 saturated carbocycles. The van der Waals surface area contributed by atoms with Crippen LogP contribution in [0.3, 0.4) is 0 Å². The lowest BCUT2D eigenvalue weighted by Crippen LogP contribution is -2.47. The molecule has 0 radical (unpaired) electrons. The molecule has 3 heterocycles. The zero-order chi connectivity index (χ0) is 19.1. The van der Waals surface area contributed by atoms with Crippen LogP contribution < -0.4 is 5.32 Å². The van der Waals surface area contributed by atoms with Crippen molar-refractivity contribution in [1.82, 2.24) is 15.2 Å². The van der Waals surface area contributed by atoms with Gasteiger partial charge >= 0.3 is 0 Å². The first-order chi connectivity index (χ1) is 13.7. The molecular formula is C23H21N3O2. The van der Waals surface area contributed by atoms with Gasteiger partial charge in [-0.1, -0.05) is 48.5 Å². The molecule has 2 aliphatic rings. The molecule has 3 aromatic rings. The molecule has 0 aliphatic carbocycles. The zero-order valence-electron chi connectivity index (χ0n) is 15.5. The number of para-hydroxylation sites is 1. The Hall–Kier alpha value is -3.21. The summed E-state index contributed by atoms with van der Waals surface area (Å²) in [5.41, 5.74) is 3.29. The van der Waals surface area contributed by atoms with Gasteiger partial charge in [0.1, 0.15) is 0 Å². The highest BCUT2D eigenvalue weighted by Gasteiger charge is 2.38. The van der Waals surface area contributed by atoms with Crippen molar-refractivity contribution in [3.63, 3.8) is 0 Å². The topological polar surface area (TPSA) is 62.3 Å². The molecule has 5 heteroatoms. The molecule has 2 saturated heterocycles. The van der Waals surface area contributed by atoms with Gasteiger partial charge in [0, 0.05) is 42.4 Å². The van der Waals surface area contributed by atoms with Gasteiger partial charge in [-0.3, -0.25) is 9.59 Å². The Labute approximate surface area is 163 Å². The highest BCUT2D eigenvalue weighted by atomic mass is 16.2. The minimum absolute atomic E-state index is 0.0218. The van der Waals surface area contributed by atoms with Crippen molar-refractivity contribution in [3.8, 4) is 11.3 Å². The van der Waals surface area contributed by atoms with E-state index < -0.39 is 0 Å². The number of hydrogen-bond donors (Lipinski definition) is 1. The van der Waals surface area contributed by atoms with Crippen LogP contribution in [0.4, 0.5) is 0 Å². The number of aromatic nitrogens is 1. The first-order valence-electron chi connectivity index (χ1n) is 9.73. The highest BCUT2D eigenvalue weighted by Crippen LogP contribution is 2.29. The molecule has 2 aromatic carbocycles. The van der Waals surface area contributed by atoms with Gasteiger partial charge in [0.2, 0.25) is 5.91 Å². The van der Waals surface area contributed by atoms with E-state index in [4.69, 9.17) is 4.98 Å². The fraction of sp³-hybridized carbons (Fsp3) is 0.261. The van der Waals surface area contributed by atoms with Crippen LogP contribution in [0.1, 0.15) is 23.2 Å². The number of carbonyl (C=O) groups is 2. The van der Waals surface area contributed by atoms with Gasteiger partial charge in [0.25, 0.3) is 5.91 Å². The summed E-state index contributed by atoms with van der Waals surface area (Å²) < 4.78 is 0. The van der Waals surface area contributed by atoms with Crippen molar-refractivity contribution in [3.05, 3.63) is 66.2 Å². The van der Waals surface area contributed by atoms with Crippen LogP contribution in [0.2, 0.25) is 0 Å². The number of likely N-dealkylation sites (tertiary alicyclic amines) is 1. The molecule has 1 aromatic heterocycles. The average Bonchev–Trinajstić information content (AvgIpc) is 3.12. The summed E-state index contributed by atoms with van der Waals surface area (Å²) in [4.78, 5) is 31.8. The molecule has 5 nitrogen and oxygen atoms in total. The van der Waals surface area contributed by atoms with Crippen LogP contribution in [0, 0.1) is 5.92 Å². The van der Waals surface area contributed by atoms with E-state index in [0.717, 1.165) is 28.6 Å². The van der Waals surface area contributed by atoms with E-state index in [-0.39, 0.29) is 23.8 Å². The second kappa shape index (κ2) is 6.75. The van der Waals surface area contributed by atoms with E-state index in [1.807, 2.05) is 65.6 Å². The Kier molecular flexibility index (Phi) is 4.08. The van der Waals surface area contributed by atoms with Crippen LogP contribution >= 0.6 is 0 Å². The molecule has 2 aliphatic heterocycles. The number of pyridine rings is 1. The number of rotatable bonds is 2. The van der Waals surface area contributed by atoms with Crippen LogP contribution in [0.5, 0.6) is 0 Å². The monoisotopic (exact) mass is 371 g/mol. The maximum atomic E-state index is 13.5. The Morgan fingerprint density at radius 2 is 1.86 bits per heavy atom. The molecule has 0 spiro atoms. The molecule has 2 atom stereocenters. The lowest BCUT2D eigenvalue weighted by Gasteiger charge is -2.34. The maximum Gasteiger partial charge on any atom is 0.254 e. The summed E-state index contributed by atoms with van der Waals surface area (Å²) in [7, 11) is 0. The second-order valence-corrected chi connectivity index (χ2v) is 7.62. The van der Waals surface area contributed by atoms with E-state index in [2.05, 4.69) is 5.32 Å². The standard InChI is InChI=1S/C23H21N3O2/c27-22-12-16-14-26(11-10-19(16)25-22)23(28)18-13-21(15-6-2-1-3-7-15)24-20-9-5-4-8-17(18)20/h1-9,13,16,19H,10-12,14H2,(H,25,27)/t16-,19+/m1/s1.